The molecule has 118 valence electrons. The molecule has 0 aliphatic carbocycles. The third-order valence-electron chi connectivity index (χ3n) is 3.55. The number of aryl methyl sites for hydroxylation is 1. The Morgan fingerprint density at radius 3 is 2.70 bits per heavy atom. The highest BCUT2D eigenvalue weighted by Gasteiger charge is 2.23. The molecule has 2 heterocycles. The van der Waals surface area contributed by atoms with E-state index in [4.69, 9.17) is 16.3 Å². The molecule has 0 amide bonds. The molecule has 0 unspecified atom stereocenters. The zero-order valence-corrected chi connectivity index (χ0v) is 13.4. The lowest BCUT2D eigenvalue weighted by Crippen LogP contribution is -2.08. The molecule has 0 atom stereocenters. The first-order chi connectivity index (χ1) is 11.0. The molecule has 0 spiro atoms. The highest BCUT2D eigenvalue weighted by atomic mass is 35.5. The van der Waals surface area contributed by atoms with E-state index in [1.807, 2.05) is 31.2 Å². The number of nitrogens with one attached hydrogen (secondary N) is 1. The van der Waals surface area contributed by atoms with E-state index in [2.05, 4.69) is 9.97 Å². The predicted octanol–water partition coefficient (Wildman–Crippen LogP) is 4.07. The summed E-state index contributed by atoms with van der Waals surface area (Å²) in [5, 5.41) is 11.0. The number of aromatic hydroxyl groups is 1. The molecule has 3 rings (SSSR count). The van der Waals surface area contributed by atoms with Crippen molar-refractivity contribution in [1.29, 1.82) is 0 Å². The van der Waals surface area contributed by atoms with Crippen LogP contribution in [-0.4, -0.2) is 27.7 Å². The van der Waals surface area contributed by atoms with Gasteiger partial charge in [0.1, 0.15) is 0 Å². The SMILES string of the molecule is CCOC(=O)c1nc(-c2ccc(C)cc2)c2[nH]cc(Cl)c2c1O. The number of hydrogen-bond donors (Lipinski definition) is 2. The van der Waals surface area contributed by atoms with Gasteiger partial charge < -0.3 is 14.8 Å². The third kappa shape index (κ3) is 2.64. The van der Waals surface area contributed by atoms with Crippen LogP contribution in [0.2, 0.25) is 5.02 Å². The summed E-state index contributed by atoms with van der Waals surface area (Å²) in [7, 11) is 0. The minimum Gasteiger partial charge on any atom is -0.505 e. The average Bonchev–Trinajstić information content (AvgIpc) is 2.92. The van der Waals surface area contributed by atoms with E-state index in [-0.39, 0.29) is 18.1 Å². The van der Waals surface area contributed by atoms with Crippen LogP contribution in [-0.2, 0) is 4.74 Å². The molecule has 2 aromatic heterocycles. The molecule has 23 heavy (non-hydrogen) atoms. The summed E-state index contributed by atoms with van der Waals surface area (Å²) in [4.78, 5) is 19.4. The summed E-state index contributed by atoms with van der Waals surface area (Å²) >= 11 is 6.15. The number of benzene rings is 1. The van der Waals surface area contributed by atoms with Crippen LogP contribution in [0.1, 0.15) is 23.0 Å². The standard InChI is InChI=1S/C17H15ClN2O3/c1-3-23-17(22)15-16(21)12-11(18)8-19-14(12)13(20-15)10-6-4-9(2)5-7-10/h4-8,19,21H,3H2,1-2H3. The van der Waals surface area contributed by atoms with Crippen molar-refractivity contribution >= 4 is 28.5 Å². The molecule has 5 nitrogen and oxygen atoms in total. The molecule has 0 saturated carbocycles. The van der Waals surface area contributed by atoms with Gasteiger partial charge in [0.25, 0.3) is 0 Å². The number of hydrogen-bond acceptors (Lipinski definition) is 4. The second-order valence-corrected chi connectivity index (χ2v) is 5.54. The summed E-state index contributed by atoms with van der Waals surface area (Å²) < 4.78 is 4.97. The van der Waals surface area contributed by atoms with Gasteiger partial charge in [-0.3, -0.25) is 0 Å². The molecule has 0 bridgehead atoms. The van der Waals surface area contributed by atoms with Crippen LogP contribution < -0.4 is 0 Å². The molecular weight excluding hydrogens is 316 g/mol. The van der Waals surface area contributed by atoms with Crippen LogP contribution in [0.4, 0.5) is 0 Å². The van der Waals surface area contributed by atoms with Gasteiger partial charge in [0.2, 0.25) is 0 Å². The number of carbonyl (C=O) groups is 1. The molecule has 1 aromatic carbocycles. The Kier molecular flexibility index (Phi) is 3.96. The Labute approximate surface area is 137 Å². The van der Waals surface area contributed by atoms with Crippen LogP contribution in [0.15, 0.2) is 30.5 Å². The number of rotatable bonds is 3. The summed E-state index contributed by atoms with van der Waals surface area (Å²) in [6.45, 7) is 3.87. The van der Waals surface area contributed by atoms with Gasteiger partial charge in [0.15, 0.2) is 11.4 Å². The number of H-pyrrole nitrogens is 1. The number of fused-ring (bicyclic) bond motifs is 1. The number of halogens is 1. The van der Waals surface area contributed by atoms with Gasteiger partial charge in [0, 0.05) is 11.8 Å². The summed E-state index contributed by atoms with van der Waals surface area (Å²) in [6.07, 6.45) is 1.56. The van der Waals surface area contributed by atoms with Crippen molar-refractivity contribution in [3.05, 3.63) is 46.7 Å². The van der Waals surface area contributed by atoms with Crippen molar-refractivity contribution in [3.63, 3.8) is 0 Å². The summed E-state index contributed by atoms with van der Waals surface area (Å²) in [5.41, 5.74) is 2.89. The number of ether oxygens (including phenoxy) is 1. The van der Waals surface area contributed by atoms with Crippen molar-refractivity contribution < 1.29 is 14.6 Å². The molecule has 2 N–H and O–H groups in total. The Bertz CT molecular complexity index is 885. The molecule has 0 aliphatic heterocycles. The normalized spacial score (nSPS) is 10.9. The lowest BCUT2D eigenvalue weighted by atomic mass is 10.1. The lowest BCUT2D eigenvalue weighted by Gasteiger charge is -2.10. The first-order valence-electron chi connectivity index (χ1n) is 7.16. The Hall–Kier alpha value is -2.53. The van der Waals surface area contributed by atoms with Gasteiger partial charge in [-0.25, -0.2) is 9.78 Å². The molecular formula is C17H15ClN2O3. The number of carbonyl (C=O) groups excluding carboxylic acids is 1. The Balaban J connectivity index is 2.30. The quantitative estimate of drug-likeness (QED) is 0.710. The van der Waals surface area contributed by atoms with E-state index >= 15 is 0 Å². The fraction of sp³-hybridized carbons (Fsp3) is 0.176. The number of pyridine rings is 1. The third-order valence-corrected chi connectivity index (χ3v) is 3.85. The Morgan fingerprint density at radius 2 is 2.04 bits per heavy atom. The van der Waals surface area contributed by atoms with Crippen molar-refractivity contribution in [2.75, 3.05) is 6.61 Å². The first-order valence-corrected chi connectivity index (χ1v) is 7.54. The fourth-order valence-electron chi connectivity index (χ4n) is 2.42. The number of aromatic nitrogens is 2. The largest absolute Gasteiger partial charge is 0.505 e. The van der Waals surface area contributed by atoms with E-state index in [9.17, 15) is 9.90 Å². The molecule has 3 aromatic rings. The minimum absolute atomic E-state index is 0.142. The molecule has 0 aliphatic rings. The lowest BCUT2D eigenvalue weighted by molar-refractivity contribution is 0.0516. The highest BCUT2D eigenvalue weighted by molar-refractivity contribution is 6.36. The predicted molar refractivity (Wildman–Crippen MR) is 88.9 cm³/mol. The molecule has 0 radical (unpaired) electrons. The van der Waals surface area contributed by atoms with Gasteiger partial charge in [-0.15, -0.1) is 0 Å². The van der Waals surface area contributed by atoms with Crippen LogP contribution in [0.25, 0.3) is 22.2 Å². The second-order valence-electron chi connectivity index (χ2n) is 5.13. The number of esters is 1. The van der Waals surface area contributed by atoms with Gasteiger partial charge >= 0.3 is 5.97 Å². The van der Waals surface area contributed by atoms with Gasteiger partial charge in [-0.05, 0) is 13.8 Å². The topological polar surface area (TPSA) is 75.2 Å². The van der Waals surface area contributed by atoms with Gasteiger partial charge in [-0.2, -0.15) is 0 Å². The van der Waals surface area contributed by atoms with Crippen molar-refractivity contribution in [2.24, 2.45) is 0 Å². The van der Waals surface area contributed by atoms with Crippen molar-refractivity contribution in [3.8, 4) is 17.0 Å². The monoisotopic (exact) mass is 330 g/mol. The maximum absolute atomic E-state index is 12.1. The molecule has 0 saturated heterocycles. The second kappa shape index (κ2) is 5.93. The van der Waals surface area contributed by atoms with Crippen molar-refractivity contribution in [2.45, 2.75) is 13.8 Å². The van der Waals surface area contributed by atoms with Crippen LogP contribution in [0.5, 0.6) is 5.75 Å². The van der Waals surface area contributed by atoms with Crippen molar-refractivity contribution in [1.82, 2.24) is 9.97 Å². The molecule has 0 fully saturated rings. The van der Waals surface area contributed by atoms with Crippen LogP contribution >= 0.6 is 11.6 Å². The van der Waals surface area contributed by atoms with E-state index < -0.39 is 5.97 Å². The van der Waals surface area contributed by atoms with E-state index in [0.29, 0.717) is 21.6 Å². The van der Waals surface area contributed by atoms with Crippen LogP contribution in [0, 0.1) is 6.92 Å². The van der Waals surface area contributed by atoms with Crippen LogP contribution in [0.3, 0.4) is 0 Å². The summed E-state index contributed by atoms with van der Waals surface area (Å²) in [6, 6.07) is 7.70. The maximum Gasteiger partial charge on any atom is 0.360 e. The fourth-order valence-corrected chi connectivity index (χ4v) is 2.66. The van der Waals surface area contributed by atoms with E-state index in [0.717, 1.165) is 11.1 Å². The zero-order valence-electron chi connectivity index (χ0n) is 12.7. The first kappa shape index (κ1) is 15.4. The zero-order chi connectivity index (χ0) is 16.6. The van der Waals surface area contributed by atoms with E-state index in [1.165, 1.54) is 0 Å². The smallest absolute Gasteiger partial charge is 0.360 e. The Morgan fingerprint density at radius 1 is 1.35 bits per heavy atom. The highest BCUT2D eigenvalue weighted by Crippen LogP contribution is 2.38. The van der Waals surface area contributed by atoms with Gasteiger partial charge in [-0.1, -0.05) is 41.4 Å². The molecule has 6 heteroatoms. The number of aromatic amines is 1. The average molecular weight is 331 g/mol. The summed E-state index contributed by atoms with van der Waals surface area (Å²) in [5.74, 6) is -0.960. The number of nitrogens with zero attached hydrogens (tertiary/aromatic N) is 1. The minimum atomic E-state index is -0.683. The maximum atomic E-state index is 12.1. The van der Waals surface area contributed by atoms with Gasteiger partial charge in [0.05, 0.1) is 28.2 Å². The van der Waals surface area contributed by atoms with E-state index in [1.54, 1.807) is 13.1 Å².